The van der Waals surface area contributed by atoms with Crippen molar-refractivity contribution in [3.8, 4) is 5.75 Å². The molecule has 0 spiro atoms. The molecule has 2 aromatic rings. The fourth-order valence-corrected chi connectivity index (χ4v) is 1.93. The maximum Gasteiger partial charge on any atom is 0.340 e. The number of ether oxygens (including phenoxy) is 2. The molecule has 2 aromatic carbocycles. The number of hydrogen-bond donors (Lipinski definition) is 1. The molecule has 4 nitrogen and oxygen atoms in total. The Kier molecular flexibility index (Phi) is 4.48. The van der Waals surface area contributed by atoms with E-state index >= 15 is 0 Å². The topological polar surface area (TPSA) is 61.5 Å². The molecule has 0 saturated carbocycles. The number of para-hydroxylation sites is 1. The Morgan fingerprint density at radius 1 is 1.20 bits per heavy atom. The lowest BCUT2D eigenvalue weighted by Gasteiger charge is -2.10. The van der Waals surface area contributed by atoms with E-state index in [0.717, 1.165) is 5.56 Å². The van der Waals surface area contributed by atoms with Gasteiger partial charge in [-0.25, -0.2) is 4.79 Å². The van der Waals surface area contributed by atoms with Crippen molar-refractivity contribution in [1.29, 1.82) is 0 Å². The minimum Gasteiger partial charge on any atom is -0.495 e. The number of esters is 1. The Morgan fingerprint density at radius 3 is 2.65 bits per heavy atom. The third-order valence-electron chi connectivity index (χ3n) is 2.82. The number of methoxy groups -OCH3 is 1. The summed E-state index contributed by atoms with van der Waals surface area (Å²) in [6, 6.07) is 12.1. The number of nitrogens with two attached hydrogens (primary N) is 1. The van der Waals surface area contributed by atoms with E-state index in [1.807, 2.05) is 12.1 Å². The van der Waals surface area contributed by atoms with E-state index in [0.29, 0.717) is 10.8 Å². The van der Waals surface area contributed by atoms with E-state index in [4.69, 9.17) is 26.8 Å². The van der Waals surface area contributed by atoms with Crippen LogP contribution in [0.25, 0.3) is 0 Å². The van der Waals surface area contributed by atoms with Crippen LogP contribution >= 0.6 is 11.6 Å². The Labute approximate surface area is 122 Å². The van der Waals surface area contributed by atoms with Gasteiger partial charge in [-0.1, -0.05) is 35.9 Å². The summed E-state index contributed by atoms with van der Waals surface area (Å²) < 4.78 is 10.3. The molecule has 2 N–H and O–H groups in total. The van der Waals surface area contributed by atoms with Crippen LogP contribution in [-0.2, 0) is 11.3 Å². The van der Waals surface area contributed by atoms with E-state index < -0.39 is 5.97 Å². The van der Waals surface area contributed by atoms with Crippen molar-refractivity contribution in [3.05, 3.63) is 58.6 Å². The van der Waals surface area contributed by atoms with Crippen LogP contribution in [0.1, 0.15) is 15.9 Å². The second-order valence-electron chi connectivity index (χ2n) is 4.09. The van der Waals surface area contributed by atoms with Crippen LogP contribution in [-0.4, -0.2) is 13.1 Å². The monoisotopic (exact) mass is 291 g/mol. The van der Waals surface area contributed by atoms with Gasteiger partial charge in [-0.2, -0.15) is 0 Å². The molecule has 5 heteroatoms. The minimum atomic E-state index is -0.513. The van der Waals surface area contributed by atoms with Crippen molar-refractivity contribution in [3.63, 3.8) is 0 Å². The summed E-state index contributed by atoms with van der Waals surface area (Å²) in [5.41, 5.74) is 7.12. The van der Waals surface area contributed by atoms with Gasteiger partial charge in [0.1, 0.15) is 12.4 Å². The van der Waals surface area contributed by atoms with Crippen molar-refractivity contribution < 1.29 is 14.3 Å². The lowest BCUT2D eigenvalue weighted by molar-refractivity contribution is 0.0474. The zero-order chi connectivity index (χ0) is 14.5. The van der Waals surface area contributed by atoms with Gasteiger partial charge in [0.25, 0.3) is 0 Å². The van der Waals surface area contributed by atoms with E-state index in [9.17, 15) is 4.79 Å². The number of benzene rings is 2. The summed E-state index contributed by atoms with van der Waals surface area (Å²) in [6.07, 6.45) is 0. The van der Waals surface area contributed by atoms with Gasteiger partial charge in [-0.05, 0) is 18.2 Å². The van der Waals surface area contributed by atoms with Crippen LogP contribution in [0, 0.1) is 0 Å². The molecule has 0 fully saturated rings. The average Bonchev–Trinajstić information content (AvgIpc) is 2.46. The average molecular weight is 292 g/mol. The van der Waals surface area contributed by atoms with Gasteiger partial charge < -0.3 is 15.2 Å². The van der Waals surface area contributed by atoms with Crippen LogP contribution in [0.5, 0.6) is 5.75 Å². The second kappa shape index (κ2) is 6.30. The summed E-state index contributed by atoms with van der Waals surface area (Å²) in [4.78, 5) is 12.0. The summed E-state index contributed by atoms with van der Waals surface area (Å²) in [5.74, 6) is -0.0708. The van der Waals surface area contributed by atoms with Gasteiger partial charge in [0.15, 0.2) is 0 Å². The van der Waals surface area contributed by atoms with Crippen LogP contribution in [0.15, 0.2) is 42.5 Å². The lowest BCUT2D eigenvalue weighted by atomic mass is 10.1. The molecule has 0 atom stereocenters. The molecule has 2 rings (SSSR count). The smallest absolute Gasteiger partial charge is 0.340 e. The first-order valence-electron chi connectivity index (χ1n) is 5.96. The highest BCUT2D eigenvalue weighted by Gasteiger charge is 2.14. The van der Waals surface area contributed by atoms with E-state index in [1.165, 1.54) is 7.11 Å². The predicted octanol–water partition coefficient (Wildman–Crippen LogP) is 3.29. The Morgan fingerprint density at radius 2 is 1.95 bits per heavy atom. The van der Waals surface area contributed by atoms with Crippen LogP contribution in [0.2, 0.25) is 5.02 Å². The quantitative estimate of drug-likeness (QED) is 0.693. The molecule has 0 aliphatic heterocycles. The van der Waals surface area contributed by atoms with Gasteiger partial charge in [0, 0.05) is 10.6 Å². The molecule has 0 saturated heterocycles. The molecule has 0 amide bonds. The van der Waals surface area contributed by atoms with E-state index in [1.54, 1.807) is 30.3 Å². The largest absolute Gasteiger partial charge is 0.495 e. The molecular weight excluding hydrogens is 278 g/mol. The third-order valence-corrected chi connectivity index (χ3v) is 3.19. The lowest BCUT2D eigenvalue weighted by Crippen LogP contribution is -2.09. The highest BCUT2D eigenvalue weighted by molar-refractivity contribution is 6.31. The first-order chi connectivity index (χ1) is 9.63. The molecule has 0 aliphatic carbocycles. The summed E-state index contributed by atoms with van der Waals surface area (Å²) >= 11 is 6.00. The van der Waals surface area contributed by atoms with Crippen molar-refractivity contribution in [1.82, 2.24) is 0 Å². The van der Waals surface area contributed by atoms with Crippen LogP contribution in [0.3, 0.4) is 0 Å². The second-order valence-corrected chi connectivity index (χ2v) is 4.50. The first kappa shape index (κ1) is 14.2. The Balaban J connectivity index is 2.12. The minimum absolute atomic E-state index is 0.0924. The molecule has 0 aromatic heterocycles. The maximum atomic E-state index is 12.0. The number of carbonyl (C=O) groups is 1. The molecule has 0 unspecified atom stereocenters. The predicted molar refractivity (Wildman–Crippen MR) is 78.0 cm³/mol. The SMILES string of the molecule is COc1cccc(C(=O)OCc2ccccc2Cl)c1N. The summed E-state index contributed by atoms with van der Waals surface area (Å²) in [5, 5.41) is 0.555. The maximum absolute atomic E-state index is 12.0. The number of anilines is 1. The number of nitrogen functional groups attached to an aromatic ring is 1. The zero-order valence-corrected chi connectivity index (χ0v) is 11.7. The number of rotatable bonds is 4. The Bertz CT molecular complexity index is 628. The van der Waals surface area contributed by atoms with Crippen LogP contribution < -0.4 is 10.5 Å². The van der Waals surface area contributed by atoms with Crippen molar-refractivity contribution in [2.75, 3.05) is 12.8 Å². The van der Waals surface area contributed by atoms with Gasteiger partial charge in [-0.15, -0.1) is 0 Å². The molecule has 20 heavy (non-hydrogen) atoms. The first-order valence-corrected chi connectivity index (χ1v) is 6.34. The number of carbonyl (C=O) groups excluding carboxylic acids is 1. The van der Waals surface area contributed by atoms with Crippen LogP contribution in [0.4, 0.5) is 5.69 Å². The van der Waals surface area contributed by atoms with Gasteiger partial charge >= 0.3 is 5.97 Å². The zero-order valence-electron chi connectivity index (χ0n) is 10.9. The number of hydrogen-bond acceptors (Lipinski definition) is 4. The fourth-order valence-electron chi connectivity index (χ4n) is 1.74. The highest BCUT2D eigenvalue weighted by atomic mass is 35.5. The van der Waals surface area contributed by atoms with Crippen molar-refractivity contribution in [2.24, 2.45) is 0 Å². The highest BCUT2D eigenvalue weighted by Crippen LogP contribution is 2.25. The van der Waals surface area contributed by atoms with Gasteiger partial charge in [0.2, 0.25) is 0 Å². The van der Waals surface area contributed by atoms with Crippen molar-refractivity contribution >= 4 is 23.3 Å². The molecular formula is C15H14ClNO3. The third kappa shape index (κ3) is 3.03. The summed E-state index contributed by atoms with van der Waals surface area (Å²) in [7, 11) is 1.49. The standard InChI is InChI=1S/C15H14ClNO3/c1-19-13-8-4-6-11(14(13)17)15(18)20-9-10-5-2-3-7-12(10)16/h2-8H,9,17H2,1H3. The van der Waals surface area contributed by atoms with Crippen molar-refractivity contribution in [2.45, 2.75) is 6.61 Å². The van der Waals surface area contributed by atoms with E-state index in [2.05, 4.69) is 0 Å². The fraction of sp³-hybridized carbons (Fsp3) is 0.133. The van der Waals surface area contributed by atoms with E-state index in [-0.39, 0.29) is 17.9 Å². The molecule has 0 bridgehead atoms. The summed E-state index contributed by atoms with van der Waals surface area (Å²) in [6.45, 7) is 0.0924. The van der Waals surface area contributed by atoms with Gasteiger partial charge in [0.05, 0.1) is 18.4 Å². The normalized spacial score (nSPS) is 10.1. The molecule has 0 radical (unpaired) electrons. The Hall–Kier alpha value is -2.20. The van der Waals surface area contributed by atoms with Gasteiger partial charge in [-0.3, -0.25) is 0 Å². The number of halogens is 1. The molecule has 0 heterocycles. The molecule has 104 valence electrons. The molecule has 0 aliphatic rings.